The van der Waals surface area contributed by atoms with E-state index in [1.165, 1.54) is 19.3 Å². The van der Waals surface area contributed by atoms with Crippen molar-refractivity contribution in [2.75, 3.05) is 11.4 Å². The normalized spacial score (nSPS) is 27.1. The van der Waals surface area contributed by atoms with Gasteiger partial charge in [0.05, 0.1) is 11.6 Å². The predicted octanol–water partition coefficient (Wildman–Crippen LogP) is 2.60. The summed E-state index contributed by atoms with van der Waals surface area (Å²) in [5.41, 5.74) is 0.595. The maximum Gasteiger partial charge on any atom is 0.132 e. The topological polar surface area (TPSA) is 39.9 Å². The SMILES string of the molecule is N#Cc1cc(Cl)nc(N2CC3CCC2C3)c1. The number of hydrogen-bond acceptors (Lipinski definition) is 3. The third-order valence-corrected chi connectivity index (χ3v) is 3.81. The minimum atomic E-state index is 0.414. The van der Waals surface area contributed by atoms with Crippen LogP contribution in [0.15, 0.2) is 12.1 Å². The number of piperidine rings is 1. The van der Waals surface area contributed by atoms with Crippen molar-refractivity contribution in [3.8, 4) is 6.07 Å². The molecule has 0 spiro atoms. The van der Waals surface area contributed by atoms with E-state index < -0.39 is 0 Å². The number of anilines is 1. The summed E-state index contributed by atoms with van der Waals surface area (Å²) in [6, 6.07) is 6.19. The third kappa shape index (κ3) is 1.54. The summed E-state index contributed by atoms with van der Waals surface area (Å²) >= 11 is 5.92. The maximum atomic E-state index is 8.91. The number of nitrogens with zero attached hydrogens (tertiary/aromatic N) is 3. The molecule has 2 unspecified atom stereocenters. The molecule has 1 aromatic rings. The van der Waals surface area contributed by atoms with Crippen LogP contribution in [0.5, 0.6) is 0 Å². The Morgan fingerprint density at radius 1 is 1.44 bits per heavy atom. The van der Waals surface area contributed by atoms with Crippen LogP contribution in [0.4, 0.5) is 5.82 Å². The molecule has 2 fully saturated rings. The molecule has 1 saturated carbocycles. The van der Waals surface area contributed by atoms with Gasteiger partial charge in [0.2, 0.25) is 0 Å². The first-order chi connectivity index (χ1) is 7.76. The summed E-state index contributed by atoms with van der Waals surface area (Å²) in [6.45, 7) is 1.07. The molecule has 0 aromatic carbocycles. The highest BCUT2D eigenvalue weighted by Crippen LogP contribution is 2.39. The Bertz CT molecular complexity index is 466. The molecule has 2 bridgehead atoms. The number of halogens is 1. The lowest BCUT2D eigenvalue weighted by molar-refractivity contribution is 0.550. The summed E-state index contributed by atoms with van der Waals surface area (Å²) in [6.07, 6.45) is 3.86. The minimum Gasteiger partial charge on any atom is -0.353 e. The Hall–Kier alpha value is -1.27. The number of fused-ring (bicyclic) bond motifs is 2. The fourth-order valence-corrected chi connectivity index (χ4v) is 3.10. The largest absolute Gasteiger partial charge is 0.353 e. The Morgan fingerprint density at radius 2 is 2.31 bits per heavy atom. The Morgan fingerprint density at radius 3 is 2.94 bits per heavy atom. The Kier molecular flexibility index (Phi) is 2.26. The van der Waals surface area contributed by atoms with Crippen molar-refractivity contribution in [1.82, 2.24) is 4.98 Å². The average molecular weight is 234 g/mol. The quantitative estimate of drug-likeness (QED) is 0.700. The number of aromatic nitrogens is 1. The maximum absolute atomic E-state index is 8.91. The highest BCUT2D eigenvalue weighted by atomic mass is 35.5. The summed E-state index contributed by atoms with van der Waals surface area (Å²) in [5.74, 6) is 1.69. The van der Waals surface area contributed by atoms with Gasteiger partial charge in [-0.1, -0.05) is 11.6 Å². The first kappa shape index (κ1) is 9.92. The summed E-state index contributed by atoms with van der Waals surface area (Å²) < 4.78 is 0. The van der Waals surface area contributed by atoms with E-state index in [4.69, 9.17) is 16.9 Å². The van der Waals surface area contributed by atoms with Gasteiger partial charge in [0.25, 0.3) is 0 Å². The van der Waals surface area contributed by atoms with Crippen LogP contribution in [-0.2, 0) is 0 Å². The van der Waals surface area contributed by atoms with Crippen LogP contribution >= 0.6 is 11.6 Å². The number of nitriles is 1. The fraction of sp³-hybridized carbons (Fsp3) is 0.500. The number of rotatable bonds is 1. The zero-order valence-corrected chi connectivity index (χ0v) is 9.61. The van der Waals surface area contributed by atoms with Crippen molar-refractivity contribution in [2.45, 2.75) is 25.3 Å². The van der Waals surface area contributed by atoms with E-state index in [0.29, 0.717) is 16.8 Å². The van der Waals surface area contributed by atoms with E-state index in [2.05, 4.69) is 16.0 Å². The third-order valence-electron chi connectivity index (χ3n) is 3.61. The molecule has 82 valence electrons. The average Bonchev–Trinajstić information content (AvgIpc) is 2.89. The van der Waals surface area contributed by atoms with Crippen molar-refractivity contribution in [3.63, 3.8) is 0 Å². The molecule has 3 nitrogen and oxygen atoms in total. The minimum absolute atomic E-state index is 0.414. The molecule has 0 radical (unpaired) electrons. The van der Waals surface area contributed by atoms with E-state index in [-0.39, 0.29) is 0 Å². The van der Waals surface area contributed by atoms with Crippen LogP contribution in [-0.4, -0.2) is 17.6 Å². The Labute approximate surface area is 99.6 Å². The van der Waals surface area contributed by atoms with Gasteiger partial charge in [0.1, 0.15) is 11.0 Å². The van der Waals surface area contributed by atoms with E-state index in [1.54, 1.807) is 6.07 Å². The molecule has 1 aliphatic carbocycles. The van der Waals surface area contributed by atoms with E-state index in [1.807, 2.05) is 6.07 Å². The molecule has 2 atom stereocenters. The molecule has 0 N–H and O–H groups in total. The molecule has 0 amide bonds. The molecule has 1 aromatic heterocycles. The van der Waals surface area contributed by atoms with Crippen LogP contribution in [0, 0.1) is 17.2 Å². The molecular weight excluding hydrogens is 222 g/mol. The van der Waals surface area contributed by atoms with Crippen LogP contribution < -0.4 is 4.90 Å². The van der Waals surface area contributed by atoms with Gasteiger partial charge in [0.15, 0.2) is 0 Å². The van der Waals surface area contributed by atoms with Gasteiger partial charge in [-0.05, 0) is 37.3 Å². The first-order valence-corrected chi connectivity index (χ1v) is 5.98. The van der Waals surface area contributed by atoms with Crippen molar-refractivity contribution >= 4 is 17.4 Å². The van der Waals surface area contributed by atoms with Crippen LogP contribution in [0.1, 0.15) is 24.8 Å². The lowest BCUT2D eigenvalue weighted by atomic mass is 10.1. The zero-order valence-electron chi connectivity index (χ0n) is 8.86. The van der Waals surface area contributed by atoms with Crippen molar-refractivity contribution in [3.05, 3.63) is 22.8 Å². The summed E-state index contributed by atoms with van der Waals surface area (Å²) in [7, 11) is 0. The highest BCUT2D eigenvalue weighted by Gasteiger charge is 2.38. The molecule has 2 aliphatic rings. The van der Waals surface area contributed by atoms with Crippen LogP contribution in [0.2, 0.25) is 5.15 Å². The van der Waals surface area contributed by atoms with E-state index in [9.17, 15) is 0 Å². The molecule has 16 heavy (non-hydrogen) atoms. The van der Waals surface area contributed by atoms with E-state index in [0.717, 1.165) is 18.3 Å². The summed E-state index contributed by atoms with van der Waals surface area (Å²) in [4.78, 5) is 6.63. The molecule has 4 heteroatoms. The molecular formula is C12H12ClN3. The lowest BCUT2D eigenvalue weighted by Gasteiger charge is -2.28. The molecule has 1 aliphatic heterocycles. The second-order valence-electron chi connectivity index (χ2n) is 4.63. The Balaban J connectivity index is 1.95. The second-order valence-corrected chi connectivity index (χ2v) is 5.02. The van der Waals surface area contributed by atoms with Crippen molar-refractivity contribution < 1.29 is 0 Å². The van der Waals surface area contributed by atoms with Gasteiger partial charge in [-0.15, -0.1) is 0 Å². The lowest BCUT2D eigenvalue weighted by Crippen LogP contribution is -2.32. The molecule has 1 saturated heterocycles. The predicted molar refractivity (Wildman–Crippen MR) is 62.4 cm³/mol. The smallest absolute Gasteiger partial charge is 0.132 e. The van der Waals surface area contributed by atoms with Crippen LogP contribution in [0.25, 0.3) is 0 Å². The summed E-state index contributed by atoms with van der Waals surface area (Å²) in [5, 5.41) is 9.32. The number of pyridine rings is 1. The van der Waals surface area contributed by atoms with Crippen molar-refractivity contribution in [1.29, 1.82) is 5.26 Å². The standard InChI is InChI=1S/C12H12ClN3/c13-11-4-9(6-14)5-12(15-11)16-7-8-1-2-10(16)3-8/h4-5,8,10H,1-3,7H2. The highest BCUT2D eigenvalue weighted by molar-refractivity contribution is 6.29. The monoisotopic (exact) mass is 233 g/mol. The van der Waals surface area contributed by atoms with Gasteiger partial charge in [-0.25, -0.2) is 4.98 Å². The van der Waals surface area contributed by atoms with Gasteiger partial charge in [0, 0.05) is 12.6 Å². The van der Waals surface area contributed by atoms with Gasteiger partial charge >= 0.3 is 0 Å². The second kappa shape index (κ2) is 3.64. The first-order valence-electron chi connectivity index (χ1n) is 5.60. The van der Waals surface area contributed by atoms with Gasteiger partial charge in [-0.3, -0.25) is 0 Å². The number of hydrogen-bond donors (Lipinski definition) is 0. The fourth-order valence-electron chi connectivity index (χ4n) is 2.90. The van der Waals surface area contributed by atoms with Gasteiger partial charge in [-0.2, -0.15) is 5.26 Å². The van der Waals surface area contributed by atoms with E-state index >= 15 is 0 Å². The molecule has 2 heterocycles. The zero-order chi connectivity index (χ0) is 11.1. The van der Waals surface area contributed by atoms with Crippen LogP contribution in [0.3, 0.4) is 0 Å². The van der Waals surface area contributed by atoms with Gasteiger partial charge < -0.3 is 4.90 Å². The molecule has 3 rings (SSSR count). The van der Waals surface area contributed by atoms with Crippen molar-refractivity contribution in [2.24, 2.45) is 5.92 Å².